The molecule has 3 N–H and O–H groups in total. The van der Waals surface area contributed by atoms with E-state index in [2.05, 4.69) is 59.1 Å². The van der Waals surface area contributed by atoms with Gasteiger partial charge in [-0.15, -0.1) is 0 Å². The molecule has 2 aromatic rings. The molecular formula is C21H28N4O. The van der Waals surface area contributed by atoms with Gasteiger partial charge in [-0.05, 0) is 23.3 Å². The number of carbonyl (C=O) groups excluding carboxylic acids is 1. The minimum Gasteiger partial charge on any atom is -0.356 e. The molecule has 0 aliphatic carbocycles. The molecule has 2 rings (SSSR count). The Kier molecular flexibility index (Phi) is 6.78. The SMILES string of the molecule is CN=C(NCc1cccc(C(=O)NC)c1)NCC(C)(C)c1ccccc1. The van der Waals surface area contributed by atoms with Crippen molar-refractivity contribution in [2.24, 2.45) is 4.99 Å². The topological polar surface area (TPSA) is 65.5 Å². The maximum Gasteiger partial charge on any atom is 0.251 e. The lowest BCUT2D eigenvalue weighted by Crippen LogP contribution is -2.43. The molecule has 0 saturated carbocycles. The Labute approximate surface area is 155 Å². The molecule has 0 aliphatic heterocycles. The number of aliphatic imine (C=N–C) groups is 1. The third-order valence-electron chi connectivity index (χ3n) is 4.35. The second-order valence-corrected chi connectivity index (χ2v) is 6.81. The molecule has 0 fully saturated rings. The lowest BCUT2D eigenvalue weighted by Gasteiger charge is -2.26. The fraction of sp³-hybridized carbons (Fsp3) is 0.333. The van der Waals surface area contributed by atoms with E-state index in [9.17, 15) is 4.79 Å². The lowest BCUT2D eigenvalue weighted by molar-refractivity contribution is 0.0963. The largest absolute Gasteiger partial charge is 0.356 e. The highest BCUT2D eigenvalue weighted by atomic mass is 16.1. The van der Waals surface area contributed by atoms with Crippen LogP contribution in [0.1, 0.15) is 35.3 Å². The van der Waals surface area contributed by atoms with Crippen LogP contribution in [0.3, 0.4) is 0 Å². The van der Waals surface area contributed by atoms with E-state index in [-0.39, 0.29) is 11.3 Å². The number of nitrogens with one attached hydrogen (secondary N) is 3. The van der Waals surface area contributed by atoms with Crippen LogP contribution in [0.5, 0.6) is 0 Å². The molecule has 26 heavy (non-hydrogen) atoms. The second kappa shape index (κ2) is 9.04. The molecule has 0 heterocycles. The van der Waals surface area contributed by atoms with E-state index in [0.29, 0.717) is 12.1 Å². The van der Waals surface area contributed by atoms with Crippen LogP contribution in [-0.4, -0.2) is 32.5 Å². The quantitative estimate of drug-likeness (QED) is 0.553. The summed E-state index contributed by atoms with van der Waals surface area (Å²) >= 11 is 0. The first-order valence-corrected chi connectivity index (χ1v) is 8.77. The maximum atomic E-state index is 11.7. The third kappa shape index (κ3) is 5.34. The normalized spacial score (nSPS) is 11.8. The minimum absolute atomic E-state index is 0.0159. The maximum absolute atomic E-state index is 11.7. The molecule has 0 spiro atoms. The Morgan fingerprint density at radius 1 is 1.04 bits per heavy atom. The lowest BCUT2D eigenvalue weighted by atomic mass is 9.85. The van der Waals surface area contributed by atoms with Crippen molar-refractivity contribution >= 4 is 11.9 Å². The predicted molar refractivity (Wildman–Crippen MR) is 108 cm³/mol. The Morgan fingerprint density at radius 2 is 1.77 bits per heavy atom. The highest BCUT2D eigenvalue weighted by Crippen LogP contribution is 2.21. The highest BCUT2D eigenvalue weighted by molar-refractivity contribution is 5.94. The number of hydrogen-bond donors (Lipinski definition) is 3. The Balaban J connectivity index is 1.93. The van der Waals surface area contributed by atoms with Gasteiger partial charge in [0, 0.05) is 38.2 Å². The zero-order valence-corrected chi connectivity index (χ0v) is 16.0. The Bertz CT molecular complexity index is 754. The summed E-state index contributed by atoms with van der Waals surface area (Å²) in [6.07, 6.45) is 0. The van der Waals surface area contributed by atoms with Crippen molar-refractivity contribution in [2.45, 2.75) is 25.8 Å². The van der Waals surface area contributed by atoms with Crippen molar-refractivity contribution in [3.63, 3.8) is 0 Å². The average molecular weight is 352 g/mol. The third-order valence-corrected chi connectivity index (χ3v) is 4.35. The number of benzene rings is 2. The zero-order chi connectivity index (χ0) is 19.0. The summed E-state index contributed by atoms with van der Waals surface area (Å²) in [7, 11) is 3.39. The van der Waals surface area contributed by atoms with E-state index >= 15 is 0 Å². The number of nitrogens with zero attached hydrogens (tertiary/aromatic N) is 1. The van der Waals surface area contributed by atoms with Crippen LogP contribution in [0, 0.1) is 0 Å². The van der Waals surface area contributed by atoms with Crippen LogP contribution in [0.2, 0.25) is 0 Å². The Morgan fingerprint density at radius 3 is 2.42 bits per heavy atom. The predicted octanol–water partition coefficient (Wildman–Crippen LogP) is 2.69. The van der Waals surface area contributed by atoms with Crippen LogP contribution in [0.15, 0.2) is 59.6 Å². The summed E-state index contributed by atoms with van der Waals surface area (Å²) in [6.45, 7) is 5.76. The summed E-state index contributed by atoms with van der Waals surface area (Å²) in [4.78, 5) is 16.0. The van der Waals surface area contributed by atoms with Crippen LogP contribution in [0.4, 0.5) is 0 Å². The summed E-state index contributed by atoms with van der Waals surface area (Å²) in [5.74, 6) is 0.651. The molecule has 5 nitrogen and oxygen atoms in total. The van der Waals surface area contributed by atoms with Crippen molar-refractivity contribution < 1.29 is 4.79 Å². The van der Waals surface area contributed by atoms with Crippen LogP contribution < -0.4 is 16.0 Å². The number of rotatable bonds is 6. The monoisotopic (exact) mass is 352 g/mol. The minimum atomic E-state index is -0.0843. The van der Waals surface area contributed by atoms with E-state index in [1.54, 1.807) is 20.2 Å². The van der Waals surface area contributed by atoms with Crippen molar-refractivity contribution in [3.05, 3.63) is 71.3 Å². The van der Waals surface area contributed by atoms with E-state index < -0.39 is 0 Å². The smallest absolute Gasteiger partial charge is 0.251 e. The number of amides is 1. The van der Waals surface area contributed by atoms with Gasteiger partial charge < -0.3 is 16.0 Å². The van der Waals surface area contributed by atoms with Crippen molar-refractivity contribution in [1.82, 2.24) is 16.0 Å². The fourth-order valence-electron chi connectivity index (χ4n) is 2.67. The molecule has 0 saturated heterocycles. The van der Waals surface area contributed by atoms with Crippen LogP contribution in [-0.2, 0) is 12.0 Å². The zero-order valence-electron chi connectivity index (χ0n) is 16.0. The first-order valence-electron chi connectivity index (χ1n) is 8.77. The van der Waals surface area contributed by atoms with Crippen molar-refractivity contribution in [3.8, 4) is 0 Å². The van der Waals surface area contributed by atoms with Gasteiger partial charge in [-0.25, -0.2) is 0 Å². The van der Waals surface area contributed by atoms with Gasteiger partial charge in [0.1, 0.15) is 0 Å². The van der Waals surface area contributed by atoms with Gasteiger partial charge >= 0.3 is 0 Å². The first-order chi connectivity index (χ1) is 12.5. The standard InChI is InChI=1S/C21H28N4O/c1-21(2,18-11-6-5-7-12-18)15-25-20(23-4)24-14-16-9-8-10-17(13-16)19(26)22-3/h5-13H,14-15H2,1-4H3,(H,22,26)(H2,23,24,25). The summed E-state index contributed by atoms with van der Waals surface area (Å²) in [6, 6.07) is 18.0. The number of carbonyl (C=O) groups is 1. The summed E-state index contributed by atoms with van der Waals surface area (Å²) in [5.41, 5.74) is 2.94. The van der Waals surface area contributed by atoms with Gasteiger partial charge in [-0.3, -0.25) is 9.79 Å². The van der Waals surface area contributed by atoms with Gasteiger partial charge in [-0.1, -0.05) is 56.3 Å². The molecular weight excluding hydrogens is 324 g/mol. The number of guanidine groups is 1. The average Bonchev–Trinajstić information content (AvgIpc) is 2.68. The summed E-state index contributed by atoms with van der Waals surface area (Å²) < 4.78 is 0. The van der Waals surface area contributed by atoms with Crippen molar-refractivity contribution in [2.75, 3.05) is 20.6 Å². The molecule has 0 unspecified atom stereocenters. The number of hydrogen-bond acceptors (Lipinski definition) is 2. The fourth-order valence-corrected chi connectivity index (χ4v) is 2.67. The molecule has 1 amide bonds. The van der Waals surface area contributed by atoms with E-state index in [1.807, 2.05) is 24.3 Å². The van der Waals surface area contributed by atoms with Gasteiger partial charge in [0.25, 0.3) is 5.91 Å². The van der Waals surface area contributed by atoms with Gasteiger partial charge in [0.15, 0.2) is 5.96 Å². The Hall–Kier alpha value is -2.82. The highest BCUT2D eigenvalue weighted by Gasteiger charge is 2.20. The molecule has 0 aliphatic rings. The van der Waals surface area contributed by atoms with E-state index in [0.717, 1.165) is 18.1 Å². The molecule has 0 atom stereocenters. The molecule has 138 valence electrons. The molecule has 5 heteroatoms. The van der Waals surface area contributed by atoms with Crippen LogP contribution in [0.25, 0.3) is 0 Å². The van der Waals surface area contributed by atoms with Gasteiger partial charge in [-0.2, -0.15) is 0 Å². The van der Waals surface area contributed by atoms with E-state index in [1.165, 1.54) is 5.56 Å². The second-order valence-electron chi connectivity index (χ2n) is 6.81. The molecule has 2 aromatic carbocycles. The van der Waals surface area contributed by atoms with Crippen LogP contribution >= 0.6 is 0 Å². The van der Waals surface area contributed by atoms with E-state index in [4.69, 9.17) is 0 Å². The van der Waals surface area contributed by atoms with Gasteiger partial charge in [0.2, 0.25) is 0 Å². The first kappa shape index (κ1) is 19.5. The molecule has 0 aromatic heterocycles. The summed E-state index contributed by atoms with van der Waals surface area (Å²) in [5, 5.41) is 9.33. The molecule has 0 radical (unpaired) electrons. The molecule has 0 bridgehead atoms. The van der Waals surface area contributed by atoms with Crippen molar-refractivity contribution in [1.29, 1.82) is 0 Å². The van der Waals surface area contributed by atoms with Gasteiger partial charge in [0.05, 0.1) is 0 Å².